The summed E-state index contributed by atoms with van der Waals surface area (Å²) in [5, 5.41) is 35.7. The van der Waals surface area contributed by atoms with Gasteiger partial charge >= 0.3 is 19.5 Å². The minimum atomic E-state index is -1.21. The molecule has 0 heterocycles. The number of rotatable bonds is 4. The van der Waals surface area contributed by atoms with Crippen LogP contribution in [0.15, 0.2) is 0 Å². The van der Waals surface area contributed by atoms with E-state index < -0.39 is 24.1 Å². The first kappa shape index (κ1) is 20.0. The van der Waals surface area contributed by atoms with E-state index in [0.717, 1.165) is 0 Å². The first-order valence-electron chi connectivity index (χ1n) is 4.01. The zero-order chi connectivity index (χ0) is 11.7. The predicted octanol–water partition coefficient (Wildman–Crippen LogP) is -2.99. The van der Waals surface area contributed by atoms with Crippen LogP contribution in [0.4, 0.5) is 0 Å². The van der Waals surface area contributed by atoms with Crippen molar-refractivity contribution in [2.45, 2.75) is 38.9 Å². The minimum Gasteiger partial charge on any atom is -0.550 e. The largest absolute Gasteiger partial charge is 2.00 e. The van der Waals surface area contributed by atoms with Crippen molar-refractivity contribution in [2.75, 3.05) is 0 Å². The third-order valence-corrected chi connectivity index (χ3v) is 0.924. The topological polar surface area (TPSA) is 121 Å². The molecule has 0 aliphatic rings. The van der Waals surface area contributed by atoms with E-state index >= 15 is 0 Å². The van der Waals surface area contributed by atoms with Gasteiger partial charge in [-0.15, -0.1) is 0 Å². The number of carboxylic acids is 2. The maximum absolute atomic E-state index is 9.54. The molecule has 0 fully saturated rings. The Hall–Kier alpha value is -0.517. The van der Waals surface area contributed by atoms with Gasteiger partial charge in [0.25, 0.3) is 0 Å². The van der Waals surface area contributed by atoms with Gasteiger partial charge in [0, 0.05) is 24.8 Å². The number of carboxylic acid groups (broad SMARTS) is 2. The van der Waals surface area contributed by atoms with Crippen molar-refractivity contribution in [3.63, 3.8) is 0 Å². The van der Waals surface area contributed by atoms with Crippen LogP contribution in [0.2, 0.25) is 0 Å². The number of carbonyl (C=O) groups is 2. The number of hydrogen-bond acceptors (Lipinski definition) is 6. The van der Waals surface area contributed by atoms with E-state index in [-0.39, 0.29) is 32.3 Å². The summed E-state index contributed by atoms with van der Waals surface area (Å²) in [5.74, 6) is -2.43. The normalized spacial score (nSPS) is 12.5. The second-order valence-corrected chi connectivity index (χ2v) is 2.85. The molecule has 0 aromatic rings. The van der Waals surface area contributed by atoms with Gasteiger partial charge in [-0.2, -0.15) is 0 Å². The quantitative estimate of drug-likeness (QED) is 0.526. The van der Waals surface area contributed by atoms with Crippen LogP contribution in [-0.4, -0.2) is 34.4 Å². The van der Waals surface area contributed by atoms with E-state index in [2.05, 4.69) is 0 Å². The molecular formula is C8H14O6Zn. The number of aliphatic carboxylic acids is 2. The van der Waals surface area contributed by atoms with E-state index in [9.17, 15) is 19.8 Å². The Kier molecular flexibility index (Phi) is 15.4. The van der Waals surface area contributed by atoms with Crippen molar-refractivity contribution in [2.24, 2.45) is 0 Å². The maximum atomic E-state index is 9.54. The van der Waals surface area contributed by atoms with Gasteiger partial charge in [-0.25, -0.2) is 0 Å². The Morgan fingerprint density at radius 1 is 1.00 bits per heavy atom. The van der Waals surface area contributed by atoms with Crippen molar-refractivity contribution in [3.05, 3.63) is 0 Å². The molecular weight excluding hydrogens is 257 g/mol. The van der Waals surface area contributed by atoms with E-state index in [1.54, 1.807) is 0 Å². The number of carbonyl (C=O) groups excluding carboxylic acids is 2. The van der Waals surface area contributed by atoms with Crippen molar-refractivity contribution >= 4 is 11.9 Å². The Balaban J connectivity index is -0.000000180. The first-order chi connectivity index (χ1) is 6.25. The van der Waals surface area contributed by atoms with Crippen LogP contribution >= 0.6 is 0 Å². The van der Waals surface area contributed by atoms with E-state index in [0.29, 0.717) is 0 Å². The summed E-state index contributed by atoms with van der Waals surface area (Å²) in [6.45, 7) is 2.80. The monoisotopic (exact) mass is 270 g/mol. The molecule has 0 radical (unpaired) electrons. The van der Waals surface area contributed by atoms with Gasteiger partial charge in [0.2, 0.25) is 0 Å². The number of aliphatic hydroxyl groups is 2. The molecule has 0 aromatic carbocycles. The third kappa shape index (κ3) is 31.7. The Bertz CT molecular complexity index is 160. The Morgan fingerprint density at radius 3 is 1.20 bits per heavy atom. The fraction of sp³-hybridized carbons (Fsp3) is 0.750. The van der Waals surface area contributed by atoms with Crippen LogP contribution < -0.4 is 10.2 Å². The molecule has 0 saturated carbocycles. The van der Waals surface area contributed by atoms with Crippen molar-refractivity contribution in [3.8, 4) is 0 Å². The molecule has 2 unspecified atom stereocenters. The summed E-state index contributed by atoms with van der Waals surface area (Å²) in [4.78, 5) is 19.1. The van der Waals surface area contributed by atoms with Gasteiger partial charge < -0.3 is 30.0 Å². The average Bonchev–Trinajstić information content (AvgIpc) is 1.79. The molecule has 6 nitrogen and oxygen atoms in total. The molecule has 0 saturated heterocycles. The Morgan fingerprint density at radius 2 is 1.20 bits per heavy atom. The fourth-order valence-electron chi connectivity index (χ4n) is 0.482. The molecule has 2 atom stereocenters. The van der Waals surface area contributed by atoms with Gasteiger partial charge in [0.1, 0.15) is 0 Å². The van der Waals surface area contributed by atoms with E-state index in [4.69, 9.17) is 10.2 Å². The molecule has 0 aliphatic heterocycles. The zero-order valence-electron chi connectivity index (χ0n) is 8.80. The second-order valence-electron chi connectivity index (χ2n) is 2.85. The molecule has 0 aromatic heterocycles. The SMILES string of the molecule is CC(O)CC(=O)[O-].CC(O)CC(=O)[O-].[Zn+2]. The van der Waals surface area contributed by atoms with Gasteiger partial charge in [0.05, 0.1) is 12.2 Å². The molecule has 15 heavy (non-hydrogen) atoms. The van der Waals surface area contributed by atoms with Gasteiger partial charge in [-0.05, 0) is 13.8 Å². The van der Waals surface area contributed by atoms with Crippen LogP contribution in [0.1, 0.15) is 26.7 Å². The third-order valence-electron chi connectivity index (χ3n) is 0.924. The van der Waals surface area contributed by atoms with Crippen molar-refractivity contribution < 1.29 is 49.5 Å². The second kappa shape index (κ2) is 11.6. The first-order valence-corrected chi connectivity index (χ1v) is 4.01. The molecule has 0 spiro atoms. The summed E-state index contributed by atoms with van der Waals surface area (Å²) in [6.07, 6.45) is -2.13. The summed E-state index contributed by atoms with van der Waals surface area (Å²) in [5.41, 5.74) is 0. The average molecular weight is 272 g/mol. The predicted molar refractivity (Wildman–Crippen MR) is 42.6 cm³/mol. The van der Waals surface area contributed by atoms with Crippen LogP contribution in [0.3, 0.4) is 0 Å². The smallest absolute Gasteiger partial charge is 0.550 e. The molecule has 0 rings (SSSR count). The number of aliphatic hydroxyl groups excluding tert-OH is 2. The fourth-order valence-corrected chi connectivity index (χ4v) is 0.482. The Labute approximate surface area is 101 Å². The van der Waals surface area contributed by atoms with E-state index in [1.807, 2.05) is 0 Å². The standard InChI is InChI=1S/2C4H8O3.Zn/c2*1-3(5)2-4(6)7;/h2*3,5H,2H2,1H3,(H,6,7);/q;;+2/p-2. The minimum absolute atomic E-state index is 0. The molecule has 84 valence electrons. The van der Waals surface area contributed by atoms with Crippen LogP contribution in [0.25, 0.3) is 0 Å². The summed E-state index contributed by atoms with van der Waals surface area (Å²) in [7, 11) is 0. The van der Waals surface area contributed by atoms with Gasteiger partial charge in [-0.1, -0.05) is 0 Å². The maximum Gasteiger partial charge on any atom is 2.00 e. The molecule has 2 N–H and O–H groups in total. The summed E-state index contributed by atoms with van der Waals surface area (Å²) >= 11 is 0. The number of hydrogen-bond donors (Lipinski definition) is 2. The van der Waals surface area contributed by atoms with E-state index in [1.165, 1.54) is 13.8 Å². The van der Waals surface area contributed by atoms with Crippen LogP contribution in [0, 0.1) is 0 Å². The molecule has 0 amide bonds. The van der Waals surface area contributed by atoms with Crippen molar-refractivity contribution in [1.82, 2.24) is 0 Å². The molecule has 0 bridgehead atoms. The summed E-state index contributed by atoms with van der Waals surface area (Å²) in [6, 6.07) is 0. The van der Waals surface area contributed by atoms with Gasteiger partial charge in [0.15, 0.2) is 0 Å². The molecule has 7 heteroatoms. The zero-order valence-corrected chi connectivity index (χ0v) is 11.8. The van der Waals surface area contributed by atoms with Crippen molar-refractivity contribution in [1.29, 1.82) is 0 Å². The summed E-state index contributed by atoms with van der Waals surface area (Å²) < 4.78 is 0. The van der Waals surface area contributed by atoms with Crippen LogP contribution in [0.5, 0.6) is 0 Å². The van der Waals surface area contributed by atoms with Gasteiger partial charge in [-0.3, -0.25) is 0 Å². The van der Waals surface area contributed by atoms with Crippen LogP contribution in [-0.2, 0) is 29.1 Å². The molecule has 0 aliphatic carbocycles.